The first kappa shape index (κ1) is 26.1. The van der Waals surface area contributed by atoms with Gasteiger partial charge in [-0.15, -0.1) is 0 Å². The molecule has 1 unspecified atom stereocenters. The number of likely N-dealkylation sites (tertiary alicyclic amines) is 1. The number of ketones is 1. The van der Waals surface area contributed by atoms with Gasteiger partial charge in [0.15, 0.2) is 0 Å². The van der Waals surface area contributed by atoms with E-state index in [2.05, 4.69) is 0 Å². The van der Waals surface area contributed by atoms with Gasteiger partial charge < -0.3 is 24.4 Å². The summed E-state index contributed by atoms with van der Waals surface area (Å²) in [6.45, 7) is 2.62. The minimum atomic E-state index is -0.815. The lowest BCUT2D eigenvalue weighted by atomic mass is 9.94. The molecule has 7 nitrogen and oxygen atoms in total. The molecule has 0 aromatic heterocycles. The molecule has 3 aromatic carbocycles. The Hall–Kier alpha value is -3.97. The average molecular weight is 521 g/mol. The smallest absolute Gasteiger partial charge is 0.295 e. The summed E-state index contributed by atoms with van der Waals surface area (Å²) in [5.41, 5.74) is 2.66. The summed E-state index contributed by atoms with van der Waals surface area (Å²) in [5, 5.41) is 11.6. The Kier molecular flexibility index (Phi) is 7.74. The molecule has 1 saturated heterocycles. The molecule has 1 aliphatic heterocycles. The van der Waals surface area contributed by atoms with E-state index in [9.17, 15) is 14.7 Å². The van der Waals surface area contributed by atoms with Gasteiger partial charge in [0.2, 0.25) is 0 Å². The molecule has 1 heterocycles. The van der Waals surface area contributed by atoms with E-state index in [1.54, 1.807) is 18.2 Å². The first-order chi connectivity index (χ1) is 17.7. The van der Waals surface area contributed by atoms with Gasteiger partial charge >= 0.3 is 0 Å². The largest absolute Gasteiger partial charge is 0.507 e. The molecule has 1 amide bonds. The molecular weight excluding hydrogens is 492 g/mol. The number of carbonyl (C=O) groups excluding carboxylic acids is 2. The number of halogens is 1. The van der Waals surface area contributed by atoms with E-state index in [0.29, 0.717) is 17.9 Å². The predicted octanol–water partition coefficient (Wildman–Crippen LogP) is 5.44. The van der Waals surface area contributed by atoms with Crippen molar-refractivity contribution in [3.8, 4) is 11.5 Å². The van der Waals surface area contributed by atoms with E-state index in [0.717, 1.165) is 17.0 Å². The predicted molar refractivity (Wildman–Crippen MR) is 144 cm³/mol. The maximum absolute atomic E-state index is 13.4. The fourth-order valence-corrected chi connectivity index (χ4v) is 4.56. The van der Waals surface area contributed by atoms with Crippen molar-refractivity contribution in [3.63, 3.8) is 0 Å². The second-order valence-corrected chi connectivity index (χ2v) is 9.24. The van der Waals surface area contributed by atoms with Crippen LogP contribution < -0.4 is 14.4 Å². The van der Waals surface area contributed by atoms with Gasteiger partial charge in [0, 0.05) is 31.9 Å². The van der Waals surface area contributed by atoms with E-state index < -0.39 is 17.7 Å². The highest BCUT2D eigenvalue weighted by atomic mass is 35.5. The van der Waals surface area contributed by atoms with Crippen LogP contribution in [-0.2, 0) is 16.1 Å². The normalized spacial score (nSPS) is 16.7. The zero-order valence-electron chi connectivity index (χ0n) is 21.2. The van der Waals surface area contributed by atoms with Crippen LogP contribution in [0.2, 0.25) is 5.02 Å². The molecule has 4 rings (SSSR count). The first-order valence-electron chi connectivity index (χ1n) is 11.9. The summed E-state index contributed by atoms with van der Waals surface area (Å²) in [6, 6.07) is 18.9. The minimum absolute atomic E-state index is 0.0244. The topological polar surface area (TPSA) is 79.3 Å². The van der Waals surface area contributed by atoms with Crippen molar-refractivity contribution in [2.24, 2.45) is 0 Å². The summed E-state index contributed by atoms with van der Waals surface area (Å²) in [7, 11) is 5.35. The standard InChI is InChI=1S/C29H29ClN2O5/c1-5-37-21-12-6-18(7-13-21)17-32-26(19-8-10-20(11-9-19)31(2)3)25(28(34)29(32)35)27(33)23-16-22(36-4)14-15-24(23)30/h6-16,26,33H,5,17H2,1-4H3/b27-25+. The minimum Gasteiger partial charge on any atom is -0.507 e. The molecule has 192 valence electrons. The molecule has 37 heavy (non-hydrogen) atoms. The van der Waals surface area contributed by atoms with Crippen molar-refractivity contribution in [2.75, 3.05) is 32.7 Å². The highest BCUT2D eigenvalue weighted by molar-refractivity contribution is 6.47. The van der Waals surface area contributed by atoms with E-state index in [1.807, 2.05) is 74.4 Å². The number of benzene rings is 3. The second kappa shape index (κ2) is 11.0. The van der Waals surface area contributed by atoms with Gasteiger partial charge in [0.05, 0.1) is 30.4 Å². The van der Waals surface area contributed by atoms with Gasteiger partial charge in [0.1, 0.15) is 17.3 Å². The quantitative estimate of drug-likeness (QED) is 0.242. The Balaban J connectivity index is 1.83. The summed E-state index contributed by atoms with van der Waals surface area (Å²) in [6.07, 6.45) is 0. The molecule has 3 aromatic rings. The molecule has 0 radical (unpaired) electrons. The maximum Gasteiger partial charge on any atom is 0.295 e. The van der Waals surface area contributed by atoms with Gasteiger partial charge in [-0.3, -0.25) is 9.59 Å². The van der Waals surface area contributed by atoms with E-state index >= 15 is 0 Å². The molecule has 1 atom stereocenters. The number of methoxy groups -OCH3 is 1. The zero-order valence-corrected chi connectivity index (χ0v) is 22.0. The third-order valence-electron chi connectivity index (χ3n) is 6.28. The number of rotatable bonds is 8. The van der Waals surface area contributed by atoms with Crippen molar-refractivity contribution in [1.29, 1.82) is 0 Å². The van der Waals surface area contributed by atoms with Crippen LogP contribution in [0.1, 0.15) is 29.7 Å². The Morgan fingerprint density at radius 1 is 1.00 bits per heavy atom. The molecule has 0 aliphatic carbocycles. The number of hydrogen-bond donors (Lipinski definition) is 1. The monoisotopic (exact) mass is 520 g/mol. The number of nitrogens with zero attached hydrogens (tertiary/aromatic N) is 2. The van der Waals surface area contributed by atoms with Gasteiger partial charge in [-0.25, -0.2) is 0 Å². The number of aliphatic hydroxyl groups excluding tert-OH is 1. The number of Topliss-reactive ketones (excluding diaryl/α,β-unsaturated/α-hetero) is 1. The lowest BCUT2D eigenvalue weighted by Gasteiger charge is -2.26. The molecule has 1 N–H and O–H groups in total. The van der Waals surface area contributed by atoms with Crippen LogP contribution in [0, 0.1) is 0 Å². The Morgan fingerprint density at radius 2 is 1.65 bits per heavy atom. The number of ether oxygens (including phenoxy) is 2. The van der Waals surface area contributed by atoms with Crippen molar-refractivity contribution in [3.05, 3.63) is 94.0 Å². The average Bonchev–Trinajstić information content (AvgIpc) is 3.14. The maximum atomic E-state index is 13.4. The summed E-state index contributed by atoms with van der Waals surface area (Å²) >= 11 is 6.39. The van der Waals surface area contributed by atoms with Crippen LogP contribution in [0.4, 0.5) is 5.69 Å². The fraction of sp³-hybridized carbons (Fsp3) is 0.241. The third-order valence-corrected chi connectivity index (χ3v) is 6.61. The van der Waals surface area contributed by atoms with Crippen LogP contribution in [0.3, 0.4) is 0 Å². The van der Waals surface area contributed by atoms with Crippen LogP contribution in [-0.4, -0.2) is 49.5 Å². The molecule has 8 heteroatoms. The molecule has 1 aliphatic rings. The van der Waals surface area contributed by atoms with Crippen molar-refractivity contribution < 1.29 is 24.2 Å². The number of amides is 1. The Morgan fingerprint density at radius 3 is 2.24 bits per heavy atom. The lowest BCUT2D eigenvalue weighted by molar-refractivity contribution is -0.140. The van der Waals surface area contributed by atoms with Gasteiger partial charge in [-0.05, 0) is 60.5 Å². The van der Waals surface area contributed by atoms with Crippen molar-refractivity contribution in [1.82, 2.24) is 4.90 Å². The van der Waals surface area contributed by atoms with Crippen molar-refractivity contribution >= 4 is 34.7 Å². The highest BCUT2D eigenvalue weighted by Crippen LogP contribution is 2.42. The van der Waals surface area contributed by atoms with E-state index in [4.69, 9.17) is 21.1 Å². The Labute approximate surface area is 221 Å². The molecule has 0 bridgehead atoms. The third kappa shape index (κ3) is 5.27. The number of anilines is 1. The van der Waals surface area contributed by atoms with Crippen LogP contribution in [0.5, 0.6) is 11.5 Å². The van der Waals surface area contributed by atoms with Gasteiger partial charge in [-0.1, -0.05) is 35.9 Å². The molecule has 0 saturated carbocycles. The van der Waals surface area contributed by atoms with Crippen LogP contribution in [0.15, 0.2) is 72.3 Å². The van der Waals surface area contributed by atoms with Crippen molar-refractivity contribution in [2.45, 2.75) is 19.5 Å². The number of aliphatic hydroxyl groups is 1. The summed E-state index contributed by atoms with van der Waals surface area (Å²) < 4.78 is 10.8. The Bertz CT molecular complexity index is 1330. The molecular formula is C29H29ClN2O5. The first-order valence-corrected chi connectivity index (χ1v) is 12.2. The fourth-order valence-electron chi connectivity index (χ4n) is 4.36. The van der Waals surface area contributed by atoms with E-state index in [-0.39, 0.29) is 28.5 Å². The second-order valence-electron chi connectivity index (χ2n) is 8.84. The van der Waals surface area contributed by atoms with Crippen LogP contribution in [0.25, 0.3) is 5.76 Å². The van der Waals surface area contributed by atoms with E-state index in [1.165, 1.54) is 12.0 Å². The summed E-state index contributed by atoms with van der Waals surface area (Å²) in [5.74, 6) is -0.642. The van der Waals surface area contributed by atoms with Crippen LogP contribution >= 0.6 is 11.6 Å². The molecule has 1 fully saturated rings. The number of carbonyl (C=O) groups is 2. The summed E-state index contributed by atoms with van der Waals surface area (Å²) in [4.78, 5) is 30.1. The SMILES string of the molecule is CCOc1ccc(CN2C(=O)C(=O)/C(=C(/O)c3cc(OC)ccc3Cl)C2c2ccc(N(C)C)cc2)cc1. The van der Waals surface area contributed by atoms with Gasteiger partial charge in [0.25, 0.3) is 11.7 Å². The molecule has 0 spiro atoms. The number of hydrogen-bond acceptors (Lipinski definition) is 6. The van der Waals surface area contributed by atoms with Gasteiger partial charge in [-0.2, -0.15) is 0 Å². The zero-order chi connectivity index (χ0) is 26.7. The highest BCUT2D eigenvalue weighted by Gasteiger charge is 2.46. The lowest BCUT2D eigenvalue weighted by Crippen LogP contribution is -2.29.